The molecule has 2 aliphatic rings. The Morgan fingerprint density at radius 3 is 2.21 bits per heavy atom. The van der Waals surface area contributed by atoms with E-state index in [4.69, 9.17) is 4.74 Å². The van der Waals surface area contributed by atoms with E-state index in [1.807, 2.05) is 20.8 Å². The van der Waals surface area contributed by atoms with E-state index >= 15 is 0 Å². The number of halogens is 2. The number of hydrogen-bond acceptors (Lipinski definition) is 5. The van der Waals surface area contributed by atoms with Crippen LogP contribution in [0.25, 0.3) is 0 Å². The quantitative estimate of drug-likeness (QED) is 0.745. The predicted molar refractivity (Wildman–Crippen MR) is 105 cm³/mol. The molecule has 0 radical (unpaired) electrons. The van der Waals surface area contributed by atoms with Crippen molar-refractivity contribution in [2.75, 3.05) is 38.6 Å². The zero-order chi connectivity index (χ0) is 21.3. The van der Waals surface area contributed by atoms with Crippen molar-refractivity contribution in [1.82, 2.24) is 15.1 Å². The summed E-state index contributed by atoms with van der Waals surface area (Å²) < 4.78 is 31.9. The summed E-state index contributed by atoms with van der Waals surface area (Å²) in [6.45, 7) is 7.78. The Morgan fingerprint density at radius 1 is 1.10 bits per heavy atom. The number of likely N-dealkylation sites (tertiary alicyclic amines) is 2. The van der Waals surface area contributed by atoms with Gasteiger partial charge in [-0.25, -0.2) is 4.39 Å². The van der Waals surface area contributed by atoms with E-state index in [1.165, 1.54) is 13.2 Å². The highest BCUT2D eigenvalue weighted by atomic mass is 19.2. The van der Waals surface area contributed by atoms with Crippen molar-refractivity contribution in [2.24, 2.45) is 0 Å². The molecule has 0 spiro atoms. The first-order valence-corrected chi connectivity index (χ1v) is 9.67. The Bertz CT molecular complexity index is 797. The molecule has 29 heavy (non-hydrogen) atoms. The largest absolute Gasteiger partial charge is 0.493 e. The van der Waals surface area contributed by atoms with Gasteiger partial charge in [-0.05, 0) is 27.2 Å². The zero-order valence-corrected chi connectivity index (χ0v) is 17.2. The van der Waals surface area contributed by atoms with Gasteiger partial charge in [-0.2, -0.15) is 4.39 Å². The molecule has 160 valence electrons. The fraction of sp³-hybridized carbons (Fsp3) is 0.600. The third kappa shape index (κ3) is 5.22. The number of amides is 2. The number of hydrogen-bond donors (Lipinski definition) is 2. The van der Waals surface area contributed by atoms with Crippen molar-refractivity contribution in [3.8, 4) is 5.75 Å². The summed E-state index contributed by atoms with van der Waals surface area (Å²) in [4.78, 5) is 28.7. The monoisotopic (exact) mass is 410 g/mol. The maximum atomic E-state index is 13.6. The predicted octanol–water partition coefficient (Wildman–Crippen LogP) is 1.59. The molecule has 9 heteroatoms. The first kappa shape index (κ1) is 21.4. The lowest BCUT2D eigenvalue weighted by atomic mass is 10.1. The Balaban J connectivity index is 1.51. The fourth-order valence-corrected chi connectivity index (χ4v) is 4.03. The van der Waals surface area contributed by atoms with Crippen LogP contribution >= 0.6 is 0 Å². The van der Waals surface area contributed by atoms with Crippen LogP contribution in [-0.2, 0) is 9.59 Å². The number of anilines is 1. The lowest BCUT2D eigenvalue weighted by molar-refractivity contribution is -0.124. The van der Waals surface area contributed by atoms with Crippen LogP contribution in [0.15, 0.2) is 12.1 Å². The number of methoxy groups -OCH3 is 1. The molecule has 0 saturated carbocycles. The highest BCUT2D eigenvalue weighted by Crippen LogP contribution is 2.30. The van der Waals surface area contributed by atoms with Gasteiger partial charge in [0.25, 0.3) is 0 Å². The molecule has 2 heterocycles. The Morgan fingerprint density at radius 2 is 1.69 bits per heavy atom. The maximum Gasteiger partial charge on any atom is 0.238 e. The number of carbonyl (C=O) groups is 2. The van der Waals surface area contributed by atoms with E-state index < -0.39 is 11.6 Å². The van der Waals surface area contributed by atoms with Gasteiger partial charge in [-0.1, -0.05) is 0 Å². The summed E-state index contributed by atoms with van der Waals surface area (Å²) >= 11 is 0. The van der Waals surface area contributed by atoms with Crippen molar-refractivity contribution in [3.63, 3.8) is 0 Å². The van der Waals surface area contributed by atoms with Crippen LogP contribution in [0.1, 0.15) is 27.2 Å². The summed E-state index contributed by atoms with van der Waals surface area (Å²) in [5.41, 5.74) is -0.113. The number of rotatable bonds is 6. The molecule has 2 fully saturated rings. The molecule has 1 aromatic rings. The van der Waals surface area contributed by atoms with E-state index in [2.05, 4.69) is 20.4 Å². The van der Waals surface area contributed by atoms with Gasteiger partial charge >= 0.3 is 0 Å². The van der Waals surface area contributed by atoms with E-state index in [1.54, 1.807) is 0 Å². The summed E-state index contributed by atoms with van der Waals surface area (Å²) in [6, 6.07) is 2.62. The molecule has 3 rings (SSSR count). The molecular formula is C20H28F2N4O3. The number of ether oxygens (including phenoxy) is 1. The molecule has 2 N–H and O–H groups in total. The normalized spacial score (nSPS) is 22.0. The van der Waals surface area contributed by atoms with Gasteiger partial charge in [-0.15, -0.1) is 0 Å². The molecule has 2 saturated heterocycles. The van der Waals surface area contributed by atoms with Crippen molar-refractivity contribution in [3.05, 3.63) is 23.8 Å². The van der Waals surface area contributed by atoms with E-state index in [9.17, 15) is 18.4 Å². The molecule has 2 atom stereocenters. The van der Waals surface area contributed by atoms with Gasteiger partial charge in [0.2, 0.25) is 17.6 Å². The summed E-state index contributed by atoms with van der Waals surface area (Å²) in [5.74, 6) is -2.73. The summed E-state index contributed by atoms with van der Waals surface area (Å²) in [7, 11) is 1.23. The molecule has 0 unspecified atom stereocenters. The van der Waals surface area contributed by atoms with Crippen molar-refractivity contribution in [2.45, 2.75) is 44.8 Å². The summed E-state index contributed by atoms with van der Waals surface area (Å²) in [6.07, 6.45) is 0.912. The third-order valence-corrected chi connectivity index (χ3v) is 5.17. The smallest absolute Gasteiger partial charge is 0.238 e. The number of piperazine rings is 1. The molecular weight excluding hydrogens is 382 g/mol. The lowest BCUT2D eigenvalue weighted by Crippen LogP contribution is -2.52. The Labute approximate surface area is 169 Å². The minimum Gasteiger partial charge on any atom is -0.493 e. The molecule has 7 nitrogen and oxygen atoms in total. The fourth-order valence-electron chi connectivity index (χ4n) is 4.03. The SMILES string of the molecule is COc1cc(NC(=O)CN2C[C@@H]3C[C@H]2CN3CC(=O)NC(C)(C)C)cc(F)c1F. The van der Waals surface area contributed by atoms with Gasteiger partial charge < -0.3 is 15.4 Å². The molecule has 0 aromatic heterocycles. The Hall–Kier alpha value is -2.26. The second-order valence-electron chi connectivity index (χ2n) is 8.72. The first-order valence-electron chi connectivity index (χ1n) is 9.67. The molecule has 0 aliphatic carbocycles. The van der Waals surface area contributed by atoms with Gasteiger partial charge in [0, 0.05) is 48.5 Å². The molecule has 1 aromatic carbocycles. The van der Waals surface area contributed by atoms with Gasteiger partial charge in [0.05, 0.1) is 20.2 Å². The third-order valence-electron chi connectivity index (χ3n) is 5.17. The molecule has 2 bridgehead atoms. The van der Waals surface area contributed by atoms with Crippen LogP contribution in [-0.4, -0.2) is 72.5 Å². The van der Waals surface area contributed by atoms with Crippen LogP contribution in [0, 0.1) is 11.6 Å². The van der Waals surface area contributed by atoms with Gasteiger partial charge in [0.1, 0.15) is 0 Å². The maximum absolute atomic E-state index is 13.6. The van der Waals surface area contributed by atoms with Gasteiger partial charge in [0.15, 0.2) is 11.6 Å². The molecule has 2 amide bonds. The van der Waals surface area contributed by atoms with Crippen molar-refractivity contribution in [1.29, 1.82) is 0 Å². The highest BCUT2D eigenvalue weighted by molar-refractivity contribution is 5.92. The Kier molecular flexibility index (Phi) is 6.09. The van der Waals surface area contributed by atoms with Crippen molar-refractivity contribution < 1.29 is 23.1 Å². The zero-order valence-electron chi connectivity index (χ0n) is 17.2. The molecule has 2 aliphatic heterocycles. The highest BCUT2D eigenvalue weighted by Gasteiger charge is 2.44. The minimum absolute atomic E-state index is 0.00151. The first-order chi connectivity index (χ1) is 13.6. The van der Waals surface area contributed by atoms with Crippen LogP contribution in [0.4, 0.5) is 14.5 Å². The number of carbonyl (C=O) groups excluding carboxylic acids is 2. The van der Waals surface area contributed by atoms with Crippen LogP contribution in [0.5, 0.6) is 5.75 Å². The second kappa shape index (κ2) is 8.23. The standard InChI is InChI=1S/C20H28F2N4O3/c1-20(2,3)24-18(28)11-26-9-13-7-14(26)8-25(13)10-17(27)23-12-5-15(21)19(22)16(6-12)29-4/h5-6,13-14H,7-11H2,1-4H3,(H,23,27)(H,24,28)/t13-,14-/m0/s1. The number of nitrogens with zero attached hydrogens (tertiary/aromatic N) is 2. The topological polar surface area (TPSA) is 73.9 Å². The van der Waals surface area contributed by atoms with E-state index in [-0.39, 0.29) is 47.4 Å². The van der Waals surface area contributed by atoms with Crippen molar-refractivity contribution >= 4 is 17.5 Å². The number of benzene rings is 1. The van der Waals surface area contributed by atoms with Crippen LogP contribution < -0.4 is 15.4 Å². The second-order valence-corrected chi connectivity index (χ2v) is 8.72. The summed E-state index contributed by atoms with van der Waals surface area (Å²) in [5, 5.41) is 5.56. The lowest BCUT2D eigenvalue weighted by Gasteiger charge is -2.34. The van der Waals surface area contributed by atoms with Gasteiger partial charge in [-0.3, -0.25) is 19.4 Å². The van der Waals surface area contributed by atoms with Crippen LogP contribution in [0.3, 0.4) is 0 Å². The number of nitrogens with one attached hydrogen (secondary N) is 2. The average Bonchev–Trinajstić information content (AvgIpc) is 3.15. The average molecular weight is 410 g/mol. The number of fused-ring (bicyclic) bond motifs is 2. The minimum atomic E-state index is -1.09. The van der Waals surface area contributed by atoms with E-state index in [0.717, 1.165) is 19.0 Å². The van der Waals surface area contributed by atoms with Crippen LogP contribution in [0.2, 0.25) is 0 Å². The van der Waals surface area contributed by atoms with E-state index in [0.29, 0.717) is 13.1 Å².